The van der Waals surface area contributed by atoms with Crippen LogP contribution in [0.5, 0.6) is 0 Å². The second-order valence-electron chi connectivity index (χ2n) is 4.71. The highest BCUT2D eigenvalue weighted by atomic mass is 79.9. The lowest BCUT2D eigenvalue weighted by Gasteiger charge is -2.02. The molecule has 1 aromatic heterocycles. The van der Waals surface area contributed by atoms with Crippen molar-refractivity contribution in [3.63, 3.8) is 0 Å². The lowest BCUT2D eigenvalue weighted by atomic mass is 10.1. The fourth-order valence-electron chi connectivity index (χ4n) is 1.81. The number of carbonyl (C=O) groups excluding carboxylic acids is 1. The molecule has 0 saturated carbocycles. The minimum atomic E-state index is -0.194. The zero-order chi connectivity index (χ0) is 15.2. The number of benzene rings is 1. The summed E-state index contributed by atoms with van der Waals surface area (Å²) in [5.41, 5.74) is 2.20. The molecule has 2 N–H and O–H groups in total. The maximum absolute atomic E-state index is 11.6. The van der Waals surface area contributed by atoms with Crippen LogP contribution in [0.1, 0.15) is 29.5 Å². The Morgan fingerprint density at radius 3 is 2.71 bits per heavy atom. The van der Waals surface area contributed by atoms with E-state index in [0.717, 1.165) is 23.0 Å². The summed E-state index contributed by atoms with van der Waals surface area (Å²) in [7, 11) is 0. The van der Waals surface area contributed by atoms with Crippen LogP contribution >= 0.6 is 27.3 Å². The van der Waals surface area contributed by atoms with Crippen molar-refractivity contribution in [2.75, 3.05) is 11.9 Å². The third-order valence-electron chi connectivity index (χ3n) is 2.93. The Hall–Kier alpha value is -1.40. The first-order valence-electron chi connectivity index (χ1n) is 6.84. The number of halogens is 1. The van der Waals surface area contributed by atoms with Crippen molar-refractivity contribution in [3.05, 3.63) is 44.9 Å². The van der Waals surface area contributed by atoms with Gasteiger partial charge in [0.2, 0.25) is 0 Å². The number of nitrogens with one attached hydrogen (secondary N) is 2. The zero-order valence-electron chi connectivity index (χ0n) is 12.1. The molecule has 4 nitrogen and oxygen atoms in total. The number of aryl methyl sites for hydroxylation is 1. The van der Waals surface area contributed by atoms with Crippen LogP contribution in [0.4, 0.5) is 9.93 Å². The maximum atomic E-state index is 11.6. The highest BCUT2D eigenvalue weighted by Gasteiger charge is 2.10. The van der Waals surface area contributed by atoms with Gasteiger partial charge in [0.05, 0.1) is 5.69 Å². The van der Waals surface area contributed by atoms with Gasteiger partial charge >= 0.3 is 6.03 Å². The number of hydrogen-bond acceptors (Lipinski definition) is 3. The summed E-state index contributed by atoms with van der Waals surface area (Å²) in [6, 6.07) is 8.04. The van der Waals surface area contributed by atoms with Gasteiger partial charge in [-0.05, 0) is 31.0 Å². The topological polar surface area (TPSA) is 54.0 Å². The molecule has 0 unspecified atom stereocenters. The summed E-state index contributed by atoms with van der Waals surface area (Å²) in [5, 5.41) is 6.21. The standard InChI is InChI=1S/C15H18BrN3OS/c1-3-8-17-14(20)19-15-18-10(2)13(21-15)9-11-4-6-12(16)7-5-11/h4-7H,3,8-9H2,1-2H3,(H2,17,18,19,20). The number of nitrogens with zero attached hydrogens (tertiary/aromatic N) is 1. The quantitative estimate of drug-likeness (QED) is 0.825. The minimum Gasteiger partial charge on any atom is -0.338 e. The number of hydrogen-bond donors (Lipinski definition) is 2. The molecule has 0 aliphatic heterocycles. The molecule has 2 amide bonds. The third-order valence-corrected chi connectivity index (χ3v) is 4.53. The van der Waals surface area contributed by atoms with Crippen LogP contribution in [0, 0.1) is 6.92 Å². The largest absolute Gasteiger partial charge is 0.338 e. The number of amides is 2. The van der Waals surface area contributed by atoms with Gasteiger partial charge in [0.1, 0.15) is 0 Å². The first-order chi connectivity index (χ1) is 10.1. The fourth-order valence-corrected chi connectivity index (χ4v) is 3.07. The van der Waals surface area contributed by atoms with Crippen molar-refractivity contribution in [1.82, 2.24) is 10.3 Å². The van der Waals surface area contributed by atoms with Crippen molar-refractivity contribution in [2.24, 2.45) is 0 Å². The lowest BCUT2D eigenvalue weighted by Crippen LogP contribution is -2.29. The number of aromatic nitrogens is 1. The van der Waals surface area contributed by atoms with E-state index in [1.165, 1.54) is 21.8 Å². The van der Waals surface area contributed by atoms with Gasteiger partial charge in [-0.15, -0.1) is 11.3 Å². The van der Waals surface area contributed by atoms with Gasteiger partial charge in [0.25, 0.3) is 0 Å². The molecule has 0 fully saturated rings. The Labute approximate surface area is 137 Å². The molecule has 2 rings (SSSR count). The van der Waals surface area contributed by atoms with E-state index in [1.54, 1.807) is 0 Å². The van der Waals surface area contributed by atoms with Gasteiger partial charge < -0.3 is 5.32 Å². The average molecular weight is 368 g/mol. The highest BCUT2D eigenvalue weighted by molar-refractivity contribution is 9.10. The van der Waals surface area contributed by atoms with E-state index in [-0.39, 0.29) is 6.03 Å². The predicted octanol–water partition coefficient (Wildman–Crippen LogP) is 4.34. The molecule has 21 heavy (non-hydrogen) atoms. The number of anilines is 1. The van der Waals surface area contributed by atoms with E-state index in [9.17, 15) is 4.79 Å². The smallest absolute Gasteiger partial charge is 0.321 e. The van der Waals surface area contributed by atoms with Crippen LogP contribution < -0.4 is 10.6 Å². The highest BCUT2D eigenvalue weighted by Crippen LogP contribution is 2.25. The van der Waals surface area contributed by atoms with Gasteiger partial charge in [-0.3, -0.25) is 5.32 Å². The van der Waals surface area contributed by atoms with E-state index in [0.29, 0.717) is 11.7 Å². The predicted molar refractivity (Wildman–Crippen MR) is 91.1 cm³/mol. The Morgan fingerprint density at radius 2 is 2.05 bits per heavy atom. The number of rotatable bonds is 5. The summed E-state index contributed by atoms with van der Waals surface area (Å²) in [5.74, 6) is 0. The molecule has 1 heterocycles. The van der Waals surface area contributed by atoms with Gasteiger partial charge in [0.15, 0.2) is 5.13 Å². The molecule has 6 heteroatoms. The lowest BCUT2D eigenvalue weighted by molar-refractivity contribution is 0.252. The summed E-state index contributed by atoms with van der Waals surface area (Å²) in [4.78, 5) is 17.2. The summed E-state index contributed by atoms with van der Waals surface area (Å²) < 4.78 is 1.07. The van der Waals surface area contributed by atoms with E-state index in [4.69, 9.17) is 0 Å². The first kappa shape index (κ1) is 16.0. The average Bonchev–Trinajstić information content (AvgIpc) is 2.79. The monoisotopic (exact) mass is 367 g/mol. The number of carbonyl (C=O) groups is 1. The molecule has 2 aromatic rings. The van der Waals surface area contributed by atoms with Gasteiger partial charge in [0, 0.05) is 22.3 Å². The summed E-state index contributed by atoms with van der Waals surface area (Å²) >= 11 is 4.96. The SMILES string of the molecule is CCCNC(=O)Nc1nc(C)c(Cc2ccc(Br)cc2)s1. The Bertz CT molecular complexity index is 610. The van der Waals surface area contributed by atoms with E-state index < -0.39 is 0 Å². The van der Waals surface area contributed by atoms with E-state index in [2.05, 4.69) is 43.7 Å². The second kappa shape index (κ2) is 7.56. The molecule has 0 saturated heterocycles. The van der Waals surface area contributed by atoms with Crippen LogP contribution in [0.25, 0.3) is 0 Å². The minimum absolute atomic E-state index is 0.194. The van der Waals surface area contributed by atoms with Crippen LogP contribution in [-0.4, -0.2) is 17.6 Å². The second-order valence-corrected chi connectivity index (χ2v) is 6.71. The molecule has 0 aliphatic rings. The van der Waals surface area contributed by atoms with Crippen LogP contribution in [0.2, 0.25) is 0 Å². The molecule has 0 bridgehead atoms. The molecule has 0 atom stereocenters. The molecule has 0 spiro atoms. The van der Waals surface area contributed by atoms with Crippen molar-refractivity contribution in [3.8, 4) is 0 Å². The fraction of sp³-hybridized carbons (Fsp3) is 0.333. The molecule has 0 radical (unpaired) electrons. The van der Waals surface area contributed by atoms with Crippen LogP contribution in [-0.2, 0) is 6.42 Å². The van der Waals surface area contributed by atoms with Gasteiger partial charge in [-0.2, -0.15) is 0 Å². The van der Waals surface area contributed by atoms with Crippen molar-refractivity contribution < 1.29 is 4.79 Å². The van der Waals surface area contributed by atoms with Gasteiger partial charge in [-0.25, -0.2) is 9.78 Å². The number of urea groups is 1. The Kier molecular flexibility index (Phi) is 5.76. The van der Waals surface area contributed by atoms with Crippen LogP contribution in [0.15, 0.2) is 28.7 Å². The zero-order valence-corrected chi connectivity index (χ0v) is 14.5. The molecule has 112 valence electrons. The Morgan fingerprint density at radius 1 is 1.33 bits per heavy atom. The van der Waals surface area contributed by atoms with Crippen molar-refractivity contribution >= 4 is 38.4 Å². The Balaban J connectivity index is 2.01. The molecule has 1 aromatic carbocycles. The van der Waals surface area contributed by atoms with Crippen molar-refractivity contribution in [1.29, 1.82) is 0 Å². The normalized spacial score (nSPS) is 10.4. The van der Waals surface area contributed by atoms with E-state index >= 15 is 0 Å². The maximum Gasteiger partial charge on any atom is 0.321 e. The molecular weight excluding hydrogens is 350 g/mol. The molecular formula is C15H18BrN3OS. The van der Waals surface area contributed by atoms with E-state index in [1.807, 2.05) is 26.0 Å². The third kappa shape index (κ3) is 4.82. The number of thiazole rings is 1. The summed E-state index contributed by atoms with van der Waals surface area (Å²) in [6.45, 7) is 4.66. The first-order valence-corrected chi connectivity index (χ1v) is 8.45. The molecule has 0 aliphatic carbocycles. The van der Waals surface area contributed by atoms with Crippen LogP contribution in [0.3, 0.4) is 0 Å². The van der Waals surface area contributed by atoms with Crippen molar-refractivity contribution in [2.45, 2.75) is 26.7 Å². The summed E-state index contributed by atoms with van der Waals surface area (Å²) in [6.07, 6.45) is 1.74. The van der Waals surface area contributed by atoms with Gasteiger partial charge in [-0.1, -0.05) is 35.0 Å².